The van der Waals surface area contributed by atoms with Crippen molar-refractivity contribution >= 4 is 15.9 Å². The Bertz CT molecular complexity index is 678. The maximum atomic E-state index is 13.5. The van der Waals surface area contributed by atoms with Gasteiger partial charge in [0.05, 0.1) is 12.4 Å². The van der Waals surface area contributed by atoms with E-state index in [1.807, 2.05) is 0 Å². The van der Waals surface area contributed by atoms with Crippen LogP contribution in [0, 0.1) is 5.82 Å². The molecule has 7 nitrogen and oxygen atoms in total. The number of sulfone groups is 1. The molecule has 0 aromatic heterocycles. The molecule has 0 spiro atoms. The Kier molecular flexibility index (Phi) is 5.78. The molecule has 2 N–H and O–H groups in total. The number of rotatable bonds is 6. The summed E-state index contributed by atoms with van der Waals surface area (Å²) in [4.78, 5) is 11.7. The highest BCUT2D eigenvalue weighted by Crippen LogP contribution is 2.29. The molecule has 9 heteroatoms. The molecule has 128 valence electrons. The SMILES string of the molecule is CCS(=O)(=O)CCNC(=O)NCc1cc(F)cc2c1OCOC2. The largest absolute Gasteiger partial charge is 0.467 e. The van der Waals surface area contributed by atoms with E-state index in [2.05, 4.69) is 10.6 Å². The van der Waals surface area contributed by atoms with Crippen molar-refractivity contribution in [2.24, 2.45) is 0 Å². The zero-order valence-electron chi connectivity index (χ0n) is 12.7. The maximum absolute atomic E-state index is 13.5. The Morgan fingerprint density at radius 2 is 2.13 bits per heavy atom. The molecule has 0 aliphatic carbocycles. The Hall–Kier alpha value is -1.87. The molecule has 1 aliphatic rings. The van der Waals surface area contributed by atoms with Crippen LogP contribution in [0.2, 0.25) is 0 Å². The molecular weight excluding hydrogens is 327 g/mol. The van der Waals surface area contributed by atoms with Gasteiger partial charge in [0.2, 0.25) is 0 Å². The predicted octanol–water partition coefficient (Wildman–Crippen LogP) is 0.926. The molecule has 1 heterocycles. The van der Waals surface area contributed by atoms with Crippen LogP contribution in [-0.4, -0.2) is 39.3 Å². The van der Waals surface area contributed by atoms with Crippen LogP contribution < -0.4 is 15.4 Å². The van der Waals surface area contributed by atoms with Crippen molar-refractivity contribution in [3.63, 3.8) is 0 Å². The van der Waals surface area contributed by atoms with Gasteiger partial charge in [0.15, 0.2) is 16.6 Å². The van der Waals surface area contributed by atoms with E-state index in [0.717, 1.165) is 0 Å². The maximum Gasteiger partial charge on any atom is 0.315 e. The minimum Gasteiger partial charge on any atom is -0.467 e. The second-order valence-corrected chi connectivity index (χ2v) is 7.48. The van der Waals surface area contributed by atoms with Gasteiger partial charge < -0.3 is 20.1 Å². The van der Waals surface area contributed by atoms with Gasteiger partial charge in [-0.1, -0.05) is 6.92 Å². The summed E-state index contributed by atoms with van der Waals surface area (Å²) in [6.07, 6.45) is 0. The molecule has 0 bridgehead atoms. The van der Waals surface area contributed by atoms with Gasteiger partial charge >= 0.3 is 6.03 Å². The van der Waals surface area contributed by atoms with E-state index in [4.69, 9.17) is 9.47 Å². The summed E-state index contributed by atoms with van der Waals surface area (Å²) in [6.45, 7) is 1.96. The highest BCUT2D eigenvalue weighted by Gasteiger charge is 2.17. The lowest BCUT2D eigenvalue weighted by atomic mass is 10.1. The van der Waals surface area contributed by atoms with Crippen molar-refractivity contribution in [2.45, 2.75) is 20.1 Å². The van der Waals surface area contributed by atoms with Gasteiger partial charge in [-0.2, -0.15) is 0 Å². The predicted molar refractivity (Wildman–Crippen MR) is 81.3 cm³/mol. The number of carbonyl (C=O) groups is 1. The smallest absolute Gasteiger partial charge is 0.315 e. The van der Waals surface area contributed by atoms with Crippen LogP contribution in [0.4, 0.5) is 9.18 Å². The number of carbonyl (C=O) groups excluding carboxylic acids is 1. The van der Waals surface area contributed by atoms with E-state index >= 15 is 0 Å². The van der Waals surface area contributed by atoms with Gasteiger partial charge in [0.1, 0.15) is 11.6 Å². The van der Waals surface area contributed by atoms with Gasteiger partial charge in [0.25, 0.3) is 0 Å². The van der Waals surface area contributed by atoms with Crippen LogP contribution in [0.1, 0.15) is 18.1 Å². The number of fused-ring (bicyclic) bond motifs is 1. The normalized spacial score (nSPS) is 13.8. The number of nitrogens with one attached hydrogen (secondary N) is 2. The first kappa shape index (κ1) is 17.5. The minimum atomic E-state index is -3.13. The highest BCUT2D eigenvalue weighted by molar-refractivity contribution is 7.91. The first-order valence-electron chi connectivity index (χ1n) is 7.15. The summed E-state index contributed by atoms with van der Waals surface area (Å²) in [7, 11) is -3.13. The standard InChI is InChI=1S/C14H19FN2O5S/c1-2-23(19,20)4-3-16-14(18)17-7-10-5-12(15)6-11-8-21-9-22-13(10)11/h5-6H,2-4,7-9H2,1H3,(H2,16,17,18). The number of hydrogen-bond donors (Lipinski definition) is 2. The Morgan fingerprint density at radius 1 is 1.35 bits per heavy atom. The van der Waals surface area contributed by atoms with E-state index in [9.17, 15) is 17.6 Å². The molecule has 0 radical (unpaired) electrons. The van der Waals surface area contributed by atoms with Crippen LogP contribution in [0.5, 0.6) is 5.75 Å². The molecule has 2 rings (SSSR count). The summed E-state index contributed by atoms with van der Waals surface area (Å²) in [5, 5.41) is 5.00. The second-order valence-electron chi connectivity index (χ2n) is 5.01. The van der Waals surface area contributed by atoms with Crippen molar-refractivity contribution in [1.29, 1.82) is 0 Å². The number of halogens is 1. The highest BCUT2D eigenvalue weighted by atomic mass is 32.2. The lowest BCUT2D eigenvalue weighted by molar-refractivity contribution is -0.0173. The van der Waals surface area contributed by atoms with E-state index in [1.54, 1.807) is 6.92 Å². The van der Waals surface area contributed by atoms with Gasteiger partial charge in [-0.15, -0.1) is 0 Å². The number of ether oxygens (including phenoxy) is 2. The van der Waals surface area contributed by atoms with Gasteiger partial charge in [-0.3, -0.25) is 0 Å². The monoisotopic (exact) mass is 346 g/mol. The van der Waals surface area contributed by atoms with Crippen LogP contribution in [0.15, 0.2) is 12.1 Å². The first-order chi connectivity index (χ1) is 10.9. The van der Waals surface area contributed by atoms with Crippen LogP contribution in [-0.2, 0) is 27.7 Å². The van der Waals surface area contributed by atoms with Crippen LogP contribution >= 0.6 is 0 Å². The molecule has 1 aromatic carbocycles. The molecule has 0 unspecified atom stereocenters. The molecule has 0 fully saturated rings. The Morgan fingerprint density at radius 3 is 2.87 bits per heavy atom. The van der Waals surface area contributed by atoms with Crippen molar-refractivity contribution in [2.75, 3.05) is 24.8 Å². The minimum absolute atomic E-state index is 0.0214. The summed E-state index contributed by atoms with van der Waals surface area (Å²) in [5.74, 6) is -0.0201. The quantitative estimate of drug-likeness (QED) is 0.799. The van der Waals surface area contributed by atoms with E-state index in [1.165, 1.54) is 12.1 Å². The van der Waals surface area contributed by atoms with E-state index < -0.39 is 21.7 Å². The lowest BCUT2D eigenvalue weighted by Crippen LogP contribution is -2.38. The molecule has 0 saturated carbocycles. The van der Waals surface area contributed by atoms with Crippen LogP contribution in [0.3, 0.4) is 0 Å². The molecule has 1 aliphatic heterocycles. The molecule has 2 amide bonds. The van der Waals surface area contributed by atoms with Crippen molar-refractivity contribution in [3.8, 4) is 5.75 Å². The van der Waals surface area contributed by atoms with Gasteiger partial charge in [-0.25, -0.2) is 17.6 Å². The number of amides is 2. The average molecular weight is 346 g/mol. The Balaban J connectivity index is 1.88. The fourth-order valence-electron chi connectivity index (χ4n) is 2.09. The van der Waals surface area contributed by atoms with Crippen molar-refractivity contribution in [1.82, 2.24) is 10.6 Å². The first-order valence-corrected chi connectivity index (χ1v) is 8.97. The van der Waals surface area contributed by atoms with Crippen molar-refractivity contribution < 1.29 is 27.1 Å². The average Bonchev–Trinajstić information content (AvgIpc) is 2.52. The third-order valence-electron chi connectivity index (χ3n) is 3.33. The Labute approximate surface area is 134 Å². The fourth-order valence-corrected chi connectivity index (χ4v) is 2.79. The summed E-state index contributed by atoms with van der Waals surface area (Å²) in [5.41, 5.74) is 1.09. The molecule has 1 aromatic rings. The lowest BCUT2D eigenvalue weighted by Gasteiger charge is -2.21. The van der Waals surface area contributed by atoms with Gasteiger partial charge in [0, 0.05) is 30.0 Å². The number of hydrogen-bond acceptors (Lipinski definition) is 5. The fraction of sp³-hybridized carbons (Fsp3) is 0.500. The third-order valence-corrected chi connectivity index (χ3v) is 5.04. The summed E-state index contributed by atoms with van der Waals surface area (Å²) in [6, 6.07) is 2.08. The zero-order chi connectivity index (χ0) is 16.9. The van der Waals surface area contributed by atoms with Crippen LogP contribution in [0.25, 0.3) is 0 Å². The van der Waals surface area contributed by atoms with E-state index in [0.29, 0.717) is 16.9 Å². The molecule has 0 saturated heterocycles. The second kappa shape index (κ2) is 7.60. The topological polar surface area (TPSA) is 93.7 Å². The van der Waals surface area contributed by atoms with E-state index in [-0.39, 0.29) is 38.0 Å². The molecular formula is C14H19FN2O5S. The number of benzene rings is 1. The summed E-state index contributed by atoms with van der Waals surface area (Å²) < 4.78 is 46.6. The molecule has 0 atom stereocenters. The molecule has 23 heavy (non-hydrogen) atoms. The van der Waals surface area contributed by atoms with Gasteiger partial charge in [-0.05, 0) is 12.1 Å². The number of urea groups is 1. The summed E-state index contributed by atoms with van der Waals surface area (Å²) >= 11 is 0. The zero-order valence-corrected chi connectivity index (χ0v) is 13.5. The third kappa shape index (κ3) is 5.07. The van der Waals surface area contributed by atoms with Crippen molar-refractivity contribution in [3.05, 3.63) is 29.1 Å².